The maximum absolute atomic E-state index is 13.0. The third-order valence-corrected chi connectivity index (χ3v) is 9.47. The maximum atomic E-state index is 13.0. The lowest BCUT2D eigenvalue weighted by molar-refractivity contribution is 0.0638. The molecule has 11 nitrogen and oxygen atoms in total. The fraction of sp³-hybridized carbons (Fsp3) is 0.435. The molecule has 2 aromatic rings. The van der Waals surface area contributed by atoms with Crippen molar-refractivity contribution in [2.75, 3.05) is 51.6 Å². The van der Waals surface area contributed by atoms with Crippen LogP contribution in [0.1, 0.15) is 38.1 Å². The second-order valence-electron chi connectivity index (χ2n) is 8.72. The minimum absolute atomic E-state index is 0.112. The third kappa shape index (κ3) is 5.44. The normalized spacial score (nSPS) is 17.4. The van der Waals surface area contributed by atoms with E-state index >= 15 is 0 Å². The molecule has 13 heteroatoms. The van der Waals surface area contributed by atoms with Crippen LogP contribution >= 0.6 is 11.3 Å². The summed E-state index contributed by atoms with van der Waals surface area (Å²) >= 11 is 1.25. The molecule has 2 amide bonds. The number of anilines is 1. The van der Waals surface area contributed by atoms with E-state index in [0.29, 0.717) is 39.1 Å². The minimum atomic E-state index is -3.66. The number of nitrogens with two attached hydrogens (primary N) is 1. The molecule has 2 aliphatic rings. The monoisotopic (exact) mass is 535 g/mol. The summed E-state index contributed by atoms with van der Waals surface area (Å²) in [6.07, 6.45) is -0.655. The van der Waals surface area contributed by atoms with E-state index in [2.05, 4.69) is 19.9 Å². The molecule has 1 aromatic heterocycles. The van der Waals surface area contributed by atoms with Gasteiger partial charge < -0.3 is 20.7 Å². The van der Waals surface area contributed by atoms with Gasteiger partial charge in [0.1, 0.15) is 5.00 Å². The Bertz CT molecular complexity index is 1270. The Kier molecular flexibility index (Phi) is 7.76. The molecule has 0 aliphatic carbocycles. The van der Waals surface area contributed by atoms with E-state index in [1.54, 1.807) is 0 Å². The van der Waals surface area contributed by atoms with Crippen molar-refractivity contribution < 1.29 is 27.5 Å². The number of rotatable bonds is 6. The standard InChI is InChI=1S/C23H29N5O6S2/c1-3-27-9-8-17-18(14-27)35-21(19(17)22(30)34-23(24)31)25-20(29)15-4-6-16(7-5-15)36(32,33)28-12-10-26(2)11-13-28/h4-7H,3,8-14H2,1-2H3,(H2,24,31)(H,25,29). The number of carbonyl (C=O) groups is 3. The number of nitrogens with one attached hydrogen (secondary N) is 1. The molecule has 0 radical (unpaired) electrons. The summed E-state index contributed by atoms with van der Waals surface area (Å²) in [5, 5.41) is 3.01. The van der Waals surface area contributed by atoms with Crippen molar-refractivity contribution in [2.45, 2.75) is 24.8 Å². The third-order valence-electron chi connectivity index (χ3n) is 6.42. The summed E-state index contributed by atoms with van der Waals surface area (Å²) in [5.41, 5.74) is 6.14. The van der Waals surface area contributed by atoms with Gasteiger partial charge in [-0.1, -0.05) is 6.92 Å². The molecule has 0 unspecified atom stereocenters. The molecule has 3 heterocycles. The number of hydrogen-bond acceptors (Lipinski definition) is 9. The number of thiophene rings is 1. The Labute approximate surface area is 213 Å². The maximum Gasteiger partial charge on any atom is 0.412 e. The molecule has 4 rings (SSSR count). The van der Waals surface area contributed by atoms with Crippen LogP contribution in [0.5, 0.6) is 0 Å². The van der Waals surface area contributed by atoms with Gasteiger partial charge in [-0.15, -0.1) is 11.3 Å². The average molecular weight is 536 g/mol. The van der Waals surface area contributed by atoms with Crippen molar-refractivity contribution >= 4 is 44.3 Å². The zero-order valence-electron chi connectivity index (χ0n) is 20.2. The van der Waals surface area contributed by atoms with E-state index in [-0.39, 0.29) is 21.0 Å². The number of hydrogen-bond donors (Lipinski definition) is 2. The molecule has 0 atom stereocenters. The van der Waals surface area contributed by atoms with Crippen LogP contribution in [0.2, 0.25) is 0 Å². The summed E-state index contributed by atoms with van der Waals surface area (Å²) in [5.74, 6) is -1.42. The van der Waals surface area contributed by atoms with Crippen LogP contribution < -0.4 is 11.1 Å². The predicted octanol–water partition coefficient (Wildman–Crippen LogP) is 1.55. The van der Waals surface area contributed by atoms with E-state index < -0.39 is 28.0 Å². The van der Waals surface area contributed by atoms with Gasteiger partial charge >= 0.3 is 12.1 Å². The van der Waals surface area contributed by atoms with Gasteiger partial charge in [-0.3, -0.25) is 9.69 Å². The Morgan fingerprint density at radius 1 is 1.08 bits per heavy atom. The molecular formula is C23H29N5O6S2. The van der Waals surface area contributed by atoms with Gasteiger partial charge in [-0.05, 0) is 49.8 Å². The molecule has 0 saturated carbocycles. The Morgan fingerprint density at radius 2 is 1.75 bits per heavy atom. The molecule has 1 saturated heterocycles. The SMILES string of the molecule is CCN1CCc2c(sc(NC(=O)c3ccc(S(=O)(=O)N4CCN(C)CC4)cc3)c2C(=O)OC(N)=O)C1. The number of nitrogens with zero attached hydrogens (tertiary/aromatic N) is 3. The van der Waals surface area contributed by atoms with Crippen LogP contribution in [0.25, 0.3) is 0 Å². The number of benzene rings is 1. The first-order valence-electron chi connectivity index (χ1n) is 11.6. The van der Waals surface area contributed by atoms with Gasteiger partial charge in [0.15, 0.2) is 0 Å². The Morgan fingerprint density at radius 3 is 2.36 bits per heavy atom. The average Bonchev–Trinajstić information content (AvgIpc) is 3.20. The lowest BCUT2D eigenvalue weighted by Gasteiger charge is -2.31. The van der Waals surface area contributed by atoms with Crippen LogP contribution in [0.3, 0.4) is 0 Å². The number of primary amides is 1. The van der Waals surface area contributed by atoms with Crippen LogP contribution in [0.15, 0.2) is 29.2 Å². The van der Waals surface area contributed by atoms with E-state index in [9.17, 15) is 22.8 Å². The van der Waals surface area contributed by atoms with Gasteiger partial charge in [-0.25, -0.2) is 18.0 Å². The zero-order valence-corrected chi connectivity index (χ0v) is 21.8. The molecule has 2 aliphatic heterocycles. The Balaban J connectivity index is 1.55. The number of piperazine rings is 1. The number of amides is 2. The first kappa shape index (κ1) is 26.2. The molecule has 1 aromatic carbocycles. The van der Waals surface area contributed by atoms with Gasteiger partial charge in [0, 0.05) is 49.7 Å². The van der Waals surface area contributed by atoms with Gasteiger partial charge in [0.25, 0.3) is 5.91 Å². The topological polar surface area (TPSA) is 142 Å². The highest BCUT2D eigenvalue weighted by Gasteiger charge is 2.31. The van der Waals surface area contributed by atoms with Crippen molar-refractivity contribution in [1.29, 1.82) is 0 Å². The molecule has 0 bridgehead atoms. The number of ether oxygens (including phenoxy) is 1. The van der Waals surface area contributed by atoms with Crippen molar-refractivity contribution in [3.8, 4) is 0 Å². The number of carbonyl (C=O) groups excluding carboxylic acids is 3. The van der Waals surface area contributed by atoms with E-state index in [1.165, 1.54) is 39.9 Å². The molecule has 1 fully saturated rings. The molecule has 36 heavy (non-hydrogen) atoms. The lowest BCUT2D eigenvalue weighted by Crippen LogP contribution is -2.47. The van der Waals surface area contributed by atoms with Crippen LogP contribution in [-0.4, -0.2) is 86.8 Å². The van der Waals surface area contributed by atoms with Crippen LogP contribution in [-0.2, 0) is 27.7 Å². The van der Waals surface area contributed by atoms with Crippen molar-refractivity contribution in [3.05, 3.63) is 45.8 Å². The predicted molar refractivity (Wildman–Crippen MR) is 135 cm³/mol. The summed E-state index contributed by atoms with van der Waals surface area (Å²) in [4.78, 5) is 42.2. The number of sulfonamides is 1. The Hall–Kier alpha value is -2.84. The van der Waals surface area contributed by atoms with Crippen LogP contribution in [0, 0.1) is 0 Å². The highest BCUT2D eigenvalue weighted by atomic mass is 32.2. The molecular weight excluding hydrogens is 506 g/mol. The number of esters is 1. The summed E-state index contributed by atoms with van der Waals surface area (Å²) in [6, 6.07) is 5.69. The first-order chi connectivity index (χ1) is 17.1. The van der Waals surface area contributed by atoms with Gasteiger partial charge in [-0.2, -0.15) is 4.31 Å². The van der Waals surface area contributed by atoms with E-state index in [0.717, 1.165) is 23.5 Å². The van der Waals surface area contributed by atoms with Crippen LogP contribution in [0.4, 0.5) is 9.80 Å². The highest BCUT2D eigenvalue weighted by molar-refractivity contribution is 7.89. The quantitative estimate of drug-likeness (QED) is 0.419. The van der Waals surface area contributed by atoms with Gasteiger partial charge in [0.05, 0.1) is 10.5 Å². The second-order valence-corrected chi connectivity index (χ2v) is 11.8. The smallest absolute Gasteiger partial charge is 0.373 e. The summed E-state index contributed by atoms with van der Waals surface area (Å²) in [6.45, 7) is 6.34. The fourth-order valence-corrected chi connectivity index (χ4v) is 7.00. The largest absolute Gasteiger partial charge is 0.412 e. The zero-order chi connectivity index (χ0) is 26.0. The minimum Gasteiger partial charge on any atom is -0.373 e. The fourth-order valence-electron chi connectivity index (χ4n) is 4.30. The van der Waals surface area contributed by atoms with E-state index in [4.69, 9.17) is 5.73 Å². The van der Waals surface area contributed by atoms with Crippen molar-refractivity contribution in [1.82, 2.24) is 14.1 Å². The number of likely N-dealkylation sites (N-methyl/N-ethyl adjacent to an activating group) is 2. The summed E-state index contributed by atoms with van der Waals surface area (Å²) < 4.78 is 32.0. The molecule has 3 N–H and O–H groups in total. The van der Waals surface area contributed by atoms with Gasteiger partial charge in [0.2, 0.25) is 10.0 Å². The molecule has 194 valence electrons. The van der Waals surface area contributed by atoms with Crippen molar-refractivity contribution in [3.63, 3.8) is 0 Å². The molecule has 0 spiro atoms. The summed E-state index contributed by atoms with van der Waals surface area (Å²) in [7, 11) is -1.71. The van der Waals surface area contributed by atoms with E-state index in [1.807, 2.05) is 14.0 Å². The lowest BCUT2D eigenvalue weighted by atomic mass is 10.0. The second kappa shape index (κ2) is 10.6. The highest BCUT2D eigenvalue weighted by Crippen LogP contribution is 2.38. The van der Waals surface area contributed by atoms with Crippen molar-refractivity contribution in [2.24, 2.45) is 5.73 Å². The first-order valence-corrected chi connectivity index (χ1v) is 13.8. The number of fused-ring (bicyclic) bond motifs is 1.